The van der Waals surface area contributed by atoms with Gasteiger partial charge in [0.05, 0.1) is 61.1 Å². The van der Waals surface area contributed by atoms with Gasteiger partial charge in [0, 0.05) is 35.6 Å². The summed E-state index contributed by atoms with van der Waals surface area (Å²) in [6, 6.07) is 11.1. The molecular formula is C51H57FN10O14. The molecule has 4 aliphatic rings. The minimum atomic E-state index is -1.10. The number of aliphatic carboxylic acids is 1. The van der Waals surface area contributed by atoms with Crippen LogP contribution in [0.4, 0.5) is 4.39 Å². The number of pyridine rings is 2. The summed E-state index contributed by atoms with van der Waals surface area (Å²) < 4.78 is 26.4. The zero-order valence-electron chi connectivity index (χ0n) is 41.8. The monoisotopic (exact) mass is 1050 g/mol. The van der Waals surface area contributed by atoms with E-state index in [1.807, 2.05) is 19.9 Å². The van der Waals surface area contributed by atoms with Crippen LogP contribution in [0.15, 0.2) is 59.4 Å². The Bertz CT molecular complexity index is 3050. The number of nitrogens with one attached hydrogen (secondary N) is 6. The summed E-state index contributed by atoms with van der Waals surface area (Å²) >= 11 is 0. The van der Waals surface area contributed by atoms with Gasteiger partial charge < -0.3 is 56.8 Å². The largest absolute Gasteiger partial charge is 0.480 e. The SMILES string of the molecule is CC[C@H]1C(=O)OCc2c1cc1n(c2=O)Cc2c-1nc1cc(F)c(C)c3c1c2CCC3.CNCC(=O)O.NC(=O)COCNC(=O)CNC(=O)C(Cc1ccccc1)NC(=O)CNC(=O)CNC(=O)CN1C(=O)C=CC1=O. The van der Waals surface area contributed by atoms with Crippen LogP contribution in [0.1, 0.15) is 64.6 Å². The van der Waals surface area contributed by atoms with Gasteiger partial charge in [-0.1, -0.05) is 37.3 Å². The first-order chi connectivity index (χ1) is 36.3. The van der Waals surface area contributed by atoms with Gasteiger partial charge in [0.15, 0.2) is 0 Å². The predicted molar refractivity (Wildman–Crippen MR) is 267 cm³/mol. The highest BCUT2D eigenvalue weighted by Gasteiger charge is 2.36. The molecule has 0 bridgehead atoms. The standard InChI is InChI=1S/C24H21FN2O3.C24H29N7O9.C3H7NO2/c1-3-12-15-7-20-22-16(9-27(20)23(28)17(15)10-30-24(12)29)14-6-4-5-13-11(2)18(25)8-19(26-22)21(13)14;25-17(32)13-40-14-29-19(34)10-28-24(39)16(8-15-4-2-1-3-5-15)30-20(35)11-26-18(33)9-27-21(36)12-31-22(37)6-7-23(31)38;1-4-2-3(5)6/h7-8,12H,3-6,9-10H2,1-2H3;1-7,16H,8-14H2,(H2,25,32)(H,26,33)(H,27,36)(H,28,39)(H,29,34)(H,30,35);4H,2H2,1H3,(H,5,6)/t12-;;/m1../s1. The summed E-state index contributed by atoms with van der Waals surface area (Å²) in [5.74, 6) is -7.28. The van der Waals surface area contributed by atoms with Crippen LogP contribution in [0, 0.1) is 12.7 Å². The first-order valence-electron chi connectivity index (χ1n) is 24.1. The normalized spacial score (nSPS) is 14.8. The maximum absolute atomic E-state index is 14.6. The Morgan fingerprint density at radius 3 is 2.17 bits per heavy atom. The maximum atomic E-state index is 14.6. The van der Waals surface area contributed by atoms with E-state index in [2.05, 4.69) is 31.9 Å². The van der Waals surface area contributed by atoms with Gasteiger partial charge in [-0.2, -0.15) is 0 Å². The van der Waals surface area contributed by atoms with E-state index in [1.54, 1.807) is 41.9 Å². The molecule has 9 N–H and O–H groups in total. The number of carboxylic acid groups (broad SMARTS) is 1. The number of esters is 1. The molecule has 3 aliphatic heterocycles. The van der Waals surface area contributed by atoms with E-state index in [-0.39, 0.29) is 50.3 Å². The first kappa shape index (κ1) is 56.6. The summed E-state index contributed by atoms with van der Waals surface area (Å²) in [7, 11) is 1.59. The number of carbonyl (C=O) groups is 10. The number of amides is 8. The molecule has 76 heavy (non-hydrogen) atoms. The number of fused-ring (bicyclic) bond motifs is 5. The van der Waals surface area contributed by atoms with E-state index in [0.717, 1.165) is 64.9 Å². The average Bonchev–Trinajstić information content (AvgIpc) is 3.93. The molecule has 0 fully saturated rings. The number of carboxylic acids is 1. The second kappa shape index (κ2) is 26.0. The topological polar surface area (TPSA) is 346 Å². The van der Waals surface area contributed by atoms with Crippen molar-refractivity contribution in [1.82, 2.24) is 46.4 Å². The number of rotatable bonds is 19. The Hall–Kier alpha value is -8.71. The van der Waals surface area contributed by atoms with E-state index in [9.17, 15) is 57.1 Å². The summed E-state index contributed by atoms with van der Waals surface area (Å²) in [6.07, 6.45) is 5.41. The van der Waals surface area contributed by atoms with Crippen molar-refractivity contribution in [2.24, 2.45) is 5.73 Å². The molecule has 2 aromatic carbocycles. The van der Waals surface area contributed by atoms with Gasteiger partial charge in [-0.3, -0.25) is 57.6 Å². The fourth-order valence-corrected chi connectivity index (χ4v) is 8.84. The van der Waals surface area contributed by atoms with Crippen molar-refractivity contribution in [3.63, 3.8) is 0 Å². The summed E-state index contributed by atoms with van der Waals surface area (Å²) in [5.41, 5.74) is 13.0. The molecule has 1 unspecified atom stereocenters. The third kappa shape index (κ3) is 14.1. The molecule has 402 valence electrons. The van der Waals surface area contributed by atoms with Crippen molar-refractivity contribution in [3.8, 4) is 11.4 Å². The zero-order chi connectivity index (χ0) is 55.2. The lowest BCUT2D eigenvalue weighted by Gasteiger charge is -2.24. The van der Waals surface area contributed by atoms with Gasteiger partial charge in [0.25, 0.3) is 17.4 Å². The minimum absolute atomic E-state index is 0.0247. The third-order valence-electron chi connectivity index (χ3n) is 12.5. The van der Waals surface area contributed by atoms with Crippen LogP contribution in [0.2, 0.25) is 0 Å². The Morgan fingerprint density at radius 2 is 1.51 bits per heavy atom. The molecule has 24 nitrogen and oxygen atoms in total. The number of carbonyl (C=O) groups excluding carboxylic acids is 9. The molecule has 5 heterocycles. The Kier molecular flexibility index (Phi) is 19.3. The fourth-order valence-electron chi connectivity index (χ4n) is 8.84. The van der Waals surface area contributed by atoms with E-state index < -0.39 is 91.4 Å². The smallest absolute Gasteiger partial charge is 0.317 e. The van der Waals surface area contributed by atoms with E-state index in [0.29, 0.717) is 40.1 Å². The second-order valence-corrected chi connectivity index (χ2v) is 17.7. The Morgan fingerprint density at radius 1 is 0.855 bits per heavy atom. The highest BCUT2D eigenvalue weighted by molar-refractivity contribution is 6.14. The van der Waals surface area contributed by atoms with E-state index >= 15 is 0 Å². The lowest BCUT2D eigenvalue weighted by Crippen LogP contribution is -2.52. The van der Waals surface area contributed by atoms with Crippen LogP contribution < -0.4 is 43.2 Å². The van der Waals surface area contributed by atoms with Gasteiger partial charge >= 0.3 is 11.9 Å². The summed E-state index contributed by atoms with van der Waals surface area (Å²) in [5, 5.41) is 23.1. The molecular weight excluding hydrogens is 996 g/mol. The van der Waals surface area contributed by atoms with Crippen LogP contribution in [0.25, 0.3) is 22.3 Å². The number of hydrogen-bond acceptors (Lipinski definition) is 15. The van der Waals surface area contributed by atoms with Crippen LogP contribution in [0.5, 0.6) is 0 Å². The number of nitrogens with zero attached hydrogens (tertiary/aromatic N) is 3. The van der Waals surface area contributed by atoms with Gasteiger partial charge in [-0.05, 0) is 73.5 Å². The van der Waals surface area contributed by atoms with Gasteiger partial charge in [0.1, 0.15) is 38.3 Å². The second-order valence-electron chi connectivity index (χ2n) is 17.7. The number of imide groups is 1. The number of benzene rings is 2. The van der Waals surface area contributed by atoms with Crippen LogP contribution in [0.3, 0.4) is 0 Å². The molecule has 8 amide bonds. The number of primary amides is 1. The van der Waals surface area contributed by atoms with Crippen molar-refractivity contribution in [2.75, 3.05) is 53.1 Å². The lowest BCUT2D eigenvalue weighted by molar-refractivity contribution is -0.148. The molecule has 4 aromatic rings. The first-order valence-corrected chi connectivity index (χ1v) is 24.1. The number of aromatic nitrogens is 2. The van der Waals surface area contributed by atoms with Crippen molar-refractivity contribution >= 4 is 70.1 Å². The fraction of sp³-hybridized carbons (Fsp3) is 0.373. The lowest BCUT2D eigenvalue weighted by atomic mass is 9.84. The van der Waals surface area contributed by atoms with Crippen molar-refractivity contribution in [2.45, 2.75) is 71.1 Å². The Balaban J connectivity index is 0.000000228. The van der Waals surface area contributed by atoms with Crippen molar-refractivity contribution in [1.29, 1.82) is 0 Å². The van der Waals surface area contributed by atoms with Crippen LogP contribution in [-0.2, 0) is 89.8 Å². The van der Waals surface area contributed by atoms with Crippen LogP contribution in [-0.4, -0.2) is 138 Å². The van der Waals surface area contributed by atoms with Crippen molar-refractivity contribution in [3.05, 3.63) is 110 Å². The number of nitrogens with two attached hydrogens (primary N) is 1. The highest BCUT2D eigenvalue weighted by atomic mass is 19.1. The number of likely N-dealkylation sites (N-methyl/N-ethyl adjacent to an activating group) is 1. The number of aryl methyl sites for hydroxylation is 2. The highest BCUT2D eigenvalue weighted by Crippen LogP contribution is 2.42. The summed E-state index contributed by atoms with van der Waals surface area (Å²) in [6.45, 7) is 1.54. The molecule has 0 spiro atoms. The Labute approximate surface area is 433 Å². The number of hydrogen-bond donors (Lipinski definition) is 8. The van der Waals surface area contributed by atoms with Crippen LogP contribution >= 0.6 is 0 Å². The van der Waals surface area contributed by atoms with Gasteiger partial charge in [-0.25, -0.2) is 9.37 Å². The number of ether oxygens (including phenoxy) is 2. The quantitative estimate of drug-likeness (QED) is 0.0208. The predicted octanol–water partition coefficient (Wildman–Crippen LogP) is -1.23. The zero-order valence-corrected chi connectivity index (χ0v) is 41.8. The minimum Gasteiger partial charge on any atom is -0.480 e. The summed E-state index contributed by atoms with van der Waals surface area (Å²) in [4.78, 5) is 135. The number of cyclic esters (lactones) is 1. The van der Waals surface area contributed by atoms with Crippen molar-refractivity contribution < 1.29 is 66.9 Å². The molecule has 2 atom stereocenters. The molecule has 0 saturated carbocycles. The van der Waals surface area contributed by atoms with Gasteiger partial charge in [0.2, 0.25) is 35.4 Å². The maximum Gasteiger partial charge on any atom is 0.317 e. The molecule has 25 heteroatoms. The van der Waals surface area contributed by atoms with E-state index in [1.165, 1.54) is 11.6 Å². The molecule has 1 aliphatic carbocycles. The molecule has 2 aromatic heterocycles. The van der Waals surface area contributed by atoms with Gasteiger partial charge in [-0.15, -0.1) is 0 Å². The molecule has 0 saturated heterocycles. The van der Waals surface area contributed by atoms with E-state index in [4.69, 9.17) is 25.3 Å². The average molecular weight is 1050 g/mol. The third-order valence-corrected chi connectivity index (χ3v) is 12.5. The molecule has 8 rings (SSSR count). The molecule has 0 radical (unpaired) electrons. The number of halogens is 1.